The summed E-state index contributed by atoms with van der Waals surface area (Å²) in [5, 5.41) is 4.01. The second-order valence-corrected chi connectivity index (χ2v) is 3.73. The fourth-order valence-electron chi connectivity index (χ4n) is 1.68. The molecule has 1 unspecified atom stereocenters. The Hall–Kier alpha value is -1.95. The Labute approximate surface area is 99.4 Å². The molecule has 0 amide bonds. The van der Waals surface area contributed by atoms with Crippen LogP contribution < -0.4 is 10.5 Å². The van der Waals surface area contributed by atoms with Gasteiger partial charge >= 0.3 is 0 Å². The molecule has 0 saturated carbocycles. The van der Waals surface area contributed by atoms with Crippen molar-refractivity contribution in [3.63, 3.8) is 0 Å². The first-order chi connectivity index (χ1) is 8.22. The summed E-state index contributed by atoms with van der Waals surface area (Å²) in [5.74, 6) is 1.54. The topological polar surface area (TPSA) is 78.8 Å². The number of methoxy groups -OCH3 is 1. The van der Waals surface area contributed by atoms with Crippen molar-refractivity contribution in [3.05, 3.63) is 36.2 Å². The Bertz CT molecular complexity index is 496. The fraction of sp³-hybridized carbons (Fsp3) is 0.364. The first-order valence-electron chi connectivity index (χ1n) is 5.28. The zero-order valence-corrected chi connectivity index (χ0v) is 9.87. The number of rotatable bonds is 4. The van der Waals surface area contributed by atoms with Crippen LogP contribution in [0.2, 0.25) is 0 Å². The van der Waals surface area contributed by atoms with E-state index in [0.29, 0.717) is 12.2 Å². The van der Waals surface area contributed by atoms with Crippen molar-refractivity contribution < 1.29 is 4.74 Å². The molecule has 0 radical (unpaired) electrons. The summed E-state index contributed by atoms with van der Waals surface area (Å²) in [4.78, 5) is 8.15. The molecule has 0 aliphatic carbocycles. The smallest absolute Gasteiger partial charge is 0.141 e. The quantitative estimate of drug-likeness (QED) is 0.830. The predicted molar refractivity (Wildman–Crippen MR) is 62.4 cm³/mol. The van der Waals surface area contributed by atoms with Gasteiger partial charge in [-0.05, 0) is 6.07 Å². The van der Waals surface area contributed by atoms with Crippen LogP contribution in [0.1, 0.15) is 17.4 Å². The highest BCUT2D eigenvalue weighted by atomic mass is 16.5. The summed E-state index contributed by atoms with van der Waals surface area (Å²) in [7, 11) is 3.45. The van der Waals surface area contributed by atoms with E-state index in [9.17, 15) is 0 Å². The molecule has 1 atom stereocenters. The van der Waals surface area contributed by atoms with Crippen molar-refractivity contribution in [2.75, 3.05) is 7.11 Å². The number of nitrogens with zero attached hydrogens (tertiary/aromatic N) is 4. The summed E-state index contributed by atoms with van der Waals surface area (Å²) in [6.07, 6.45) is 5.49. The lowest BCUT2D eigenvalue weighted by Gasteiger charge is -2.14. The summed E-state index contributed by atoms with van der Waals surface area (Å²) in [6, 6.07) is 1.68. The molecule has 2 aromatic heterocycles. The number of ether oxygens (including phenoxy) is 1. The van der Waals surface area contributed by atoms with Crippen LogP contribution in [0.15, 0.2) is 24.8 Å². The Morgan fingerprint density at radius 2 is 2.35 bits per heavy atom. The highest BCUT2D eigenvalue weighted by Gasteiger charge is 2.14. The third kappa shape index (κ3) is 2.42. The van der Waals surface area contributed by atoms with Crippen LogP contribution >= 0.6 is 0 Å². The summed E-state index contributed by atoms with van der Waals surface area (Å²) in [6.45, 7) is 0. The molecule has 0 fully saturated rings. The molecule has 0 aromatic carbocycles. The summed E-state index contributed by atoms with van der Waals surface area (Å²) >= 11 is 0. The molecule has 0 saturated heterocycles. The third-order valence-corrected chi connectivity index (χ3v) is 2.64. The lowest BCUT2D eigenvalue weighted by Crippen LogP contribution is -2.17. The van der Waals surface area contributed by atoms with Crippen LogP contribution in [0.25, 0.3) is 0 Å². The molecule has 90 valence electrons. The van der Waals surface area contributed by atoms with Gasteiger partial charge in [0.2, 0.25) is 0 Å². The van der Waals surface area contributed by atoms with Crippen LogP contribution in [0.4, 0.5) is 0 Å². The average Bonchev–Trinajstić information content (AvgIpc) is 2.75. The van der Waals surface area contributed by atoms with Gasteiger partial charge in [0.1, 0.15) is 17.9 Å². The Morgan fingerprint density at radius 3 is 3.00 bits per heavy atom. The highest BCUT2D eigenvalue weighted by Crippen LogP contribution is 2.23. The van der Waals surface area contributed by atoms with Crippen LogP contribution in [0.5, 0.6) is 5.75 Å². The first-order valence-corrected chi connectivity index (χ1v) is 5.28. The van der Waals surface area contributed by atoms with Crippen molar-refractivity contribution in [2.24, 2.45) is 12.8 Å². The van der Waals surface area contributed by atoms with Crippen LogP contribution in [-0.4, -0.2) is 26.9 Å². The molecule has 0 aliphatic rings. The molecule has 2 aromatic rings. The standard InChI is InChI=1S/C11H15N5O/c1-16-11(14-7-15-16)5-9(12)8-3-4-13-6-10(8)17-2/h3-4,6-7,9H,5,12H2,1-2H3. The van der Waals surface area contributed by atoms with E-state index in [4.69, 9.17) is 10.5 Å². The average molecular weight is 233 g/mol. The molecule has 2 rings (SSSR count). The van der Waals surface area contributed by atoms with Crippen LogP contribution in [-0.2, 0) is 13.5 Å². The van der Waals surface area contributed by atoms with Gasteiger partial charge in [-0.1, -0.05) is 0 Å². The van der Waals surface area contributed by atoms with E-state index in [-0.39, 0.29) is 6.04 Å². The molecule has 0 spiro atoms. The number of nitrogens with two attached hydrogens (primary N) is 1. The Balaban J connectivity index is 2.20. The van der Waals surface area contributed by atoms with Crippen molar-refractivity contribution >= 4 is 0 Å². The van der Waals surface area contributed by atoms with Gasteiger partial charge in [0.05, 0.1) is 13.3 Å². The molecular weight excluding hydrogens is 218 g/mol. The SMILES string of the molecule is COc1cnccc1C(N)Cc1ncnn1C. The largest absolute Gasteiger partial charge is 0.495 e. The molecule has 0 aliphatic heterocycles. The van der Waals surface area contributed by atoms with E-state index in [1.54, 1.807) is 24.2 Å². The van der Waals surface area contributed by atoms with Crippen molar-refractivity contribution in [2.45, 2.75) is 12.5 Å². The van der Waals surface area contributed by atoms with Gasteiger partial charge in [-0.25, -0.2) is 4.98 Å². The van der Waals surface area contributed by atoms with Gasteiger partial charge in [0, 0.05) is 31.3 Å². The van der Waals surface area contributed by atoms with Gasteiger partial charge in [0.15, 0.2) is 0 Å². The van der Waals surface area contributed by atoms with Crippen LogP contribution in [0, 0.1) is 0 Å². The maximum atomic E-state index is 6.14. The van der Waals surface area contributed by atoms with Gasteiger partial charge < -0.3 is 10.5 Å². The number of aromatic nitrogens is 4. The Morgan fingerprint density at radius 1 is 1.53 bits per heavy atom. The van der Waals surface area contributed by atoms with Gasteiger partial charge in [-0.3, -0.25) is 9.67 Å². The zero-order chi connectivity index (χ0) is 12.3. The third-order valence-electron chi connectivity index (χ3n) is 2.64. The number of hydrogen-bond acceptors (Lipinski definition) is 5. The predicted octanol–water partition coefficient (Wildman–Crippen LogP) is 0.461. The Kier molecular flexibility index (Phi) is 3.34. The van der Waals surface area contributed by atoms with Gasteiger partial charge in [-0.15, -0.1) is 0 Å². The molecule has 0 bridgehead atoms. The lowest BCUT2D eigenvalue weighted by atomic mass is 10.1. The molecule has 6 nitrogen and oxygen atoms in total. The minimum absolute atomic E-state index is 0.184. The second kappa shape index (κ2) is 4.92. The van der Waals surface area contributed by atoms with E-state index < -0.39 is 0 Å². The highest BCUT2D eigenvalue weighted by molar-refractivity contribution is 5.33. The lowest BCUT2D eigenvalue weighted by molar-refractivity contribution is 0.403. The van der Waals surface area contributed by atoms with Gasteiger partial charge in [-0.2, -0.15) is 5.10 Å². The molecule has 2 heterocycles. The van der Waals surface area contributed by atoms with E-state index in [2.05, 4.69) is 15.1 Å². The minimum atomic E-state index is -0.184. The number of pyridine rings is 1. The summed E-state index contributed by atoms with van der Waals surface area (Å²) in [5.41, 5.74) is 7.06. The number of hydrogen-bond donors (Lipinski definition) is 1. The number of aryl methyl sites for hydroxylation is 1. The second-order valence-electron chi connectivity index (χ2n) is 3.73. The van der Waals surface area contributed by atoms with Crippen molar-refractivity contribution in [3.8, 4) is 5.75 Å². The summed E-state index contributed by atoms with van der Waals surface area (Å²) < 4.78 is 6.95. The first kappa shape index (κ1) is 11.5. The van der Waals surface area contributed by atoms with E-state index in [0.717, 1.165) is 11.4 Å². The zero-order valence-electron chi connectivity index (χ0n) is 9.87. The molecular formula is C11H15N5O. The maximum Gasteiger partial charge on any atom is 0.141 e. The minimum Gasteiger partial charge on any atom is -0.495 e. The van der Waals surface area contributed by atoms with E-state index in [1.165, 1.54) is 6.33 Å². The van der Waals surface area contributed by atoms with Crippen LogP contribution in [0.3, 0.4) is 0 Å². The molecule has 17 heavy (non-hydrogen) atoms. The van der Waals surface area contributed by atoms with E-state index in [1.807, 2.05) is 13.1 Å². The van der Waals surface area contributed by atoms with Gasteiger partial charge in [0.25, 0.3) is 0 Å². The van der Waals surface area contributed by atoms with Crippen molar-refractivity contribution in [1.29, 1.82) is 0 Å². The van der Waals surface area contributed by atoms with Crippen molar-refractivity contribution in [1.82, 2.24) is 19.7 Å². The maximum absolute atomic E-state index is 6.14. The molecule has 6 heteroatoms. The fourth-order valence-corrected chi connectivity index (χ4v) is 1.68. The monoisotopic (exact) mass is 233 g/mol. The normalized spacial score (nSPS) is 12.4. The molecule has 2 N–H and O–H groups in total. The van der Waals surface area contributed by atoms with E-state index >= 15 is 0 Å².